The first-order chi connectivity index (χ1) is 10.3. The Hall–Kier alpha value is -1.89. The number of hydrogen-bond acceptors (Lipinski definition) is 3. The number of nitrogens with zero attached hydrogens (tertiary/aromatic N) is 2. The summed E-state index contributed by atoms with van der Waals surface area (Å²) in [4.78, 5) is 2.44. The second-order valence-corrected chi connectivity index (χ2v) is 5.68. The molecule has 21 heavy (non-hydrogen) atoms. The number of hydrogen-bond donors (Lipinski definition) is 1. The molecule has 3 heteroatoms. The molecule has 0 radical (unpaired) electrons. The topological polar surface area (TPSA) is 39.1 Å². The van der Waals surface area contributed by atoms with E-state index >= 15 is 0 Å². The zero-order valence-corrected chi connectivity index (χ0v) is 12.5. The third-order valence-corrected chi connectivity index (χ3v) is 4.41. The predicted octanol–water partition coefficient (Wildman–Crippen LogP) is 3.01. The highest BCUT2D eigenvalue weighted by Crippen LogP contribution is 2.32. The summed E-state index contributed by atoms with van der Waals surface area (Å²) in [7, 11) is 0. The maximum absolute atomic E-state index is 9.26. The predicted molar refractivity (Wildman–Crippen MR) is 86.1 cm³/mol. The largest absolute Gasteiger partial charge is 0.314 e. The molecule has 0 saturated carbocycles. The molecule has 1 N–H and O–H groups in total. The van der Waals surface area contributed by atoms with E-state index in [-0.39, 0.29) is 6.04 Å². The Labute approximate surface area is 126 Å². The van der Waals surface area contributed by atoms with Crippen molar-refractivity contribution < 1.29 is 0 Å². The Balaban J connectivity index is 2.07. The summed E-state index contributed by atoms with van der Waals surface area (Å²) in [6.07, 6.45) is 0.549. The first kappa shape index (κ1) is 14.1. The van der Waals surface area contributed by atoms with Gasteiger partial charge >= 0.3 is 0 Å². The minimum atomic E-state index is 0.197. The molecule has 1 fully saturated rings. The van der Waals surface area contributed by atoms with Crippen molar-refractivity contribution in [3.63, 3.8) is 0 Å². The van der Waals surface area contributed by atoms with Gasteiger partial charge < -0.3 is 5.32 Å². The van der Waals surface area contributed by atoms with E-state index in [1.807, 2.05) is 0 Å². The summed E-state index contributed by atoms with van der Waals surface area (Å²) in [6.45, 7) is 6.18. The summed E-state index contributed by atoms with van der Waals surface area (Å²) in [5.41, 5.74) is 2.59. The normalized spacial score (nSPS) is 17.5. The molecule has 0 aliphatic carbocycles. The van der Waals surface area contributed by atoms with E-state index in [9.17, 15) is 5.26 Å². The minimum Gasteiger partial charge on any atom is -0.314 e. The molecule has 0 spiro atoms. The highest BCUT2D eigenvalue weighted by atomic mass is 15.2. The Kier molecular flexibility index (Phi) is 4.19. The van der Waals surface area contributed by atoms with E-state index in [1.165, 1.54) is 21.9 Å². The van der Waals surface area contributed by atoms with Gasteiger partial charge in [-0.3, -0.25) is 4.90 Å². The van der Waals surface area contributed by atoms with Crippen LogP contribution in [0, 0.1) is 18.3 Å². The van der Waals surface area contributed by atoms with Gasteiger partial charge in [0.25, 0.3) is 0 Å². The molecule has 1 aliphatic rings. The molecule has 2 aromatic carbocycles. The van der Waals surface area contributed by atoms with Crippen LogP contribution >= 0.6 is 0 Å². The van der Waals surface area contributed by atoms with Gasteiger partial charge in [-0.2, -0.15) is 5.26 Å². The molecule has 2 aromatic rings. The molecule has 3 rings (SSSR count). The molecule has 1 aliphatic heterocycles. The number of nitriles is 1. The van der Waals surface area contributed by atoms with Crippen LogP contribution in [0.25, 0.3) is 10.8 Å². The number of piperazine rings is 1. The molecular weight excluding hydrogens is 258 g/mol. The van der Waals surface area contributed by atoms with Crippen molar-refractivity contribution in [1.82, 2.24) is 10.2 Å². The smallest absolute Gasteiger partial charge is 0.0641 e. The van der Waals surface area contributed by atoms with Crippen molar-refractivity contribution in [2.24, 2.45) is 0 Å². The van der Waals surface area contributed by atoms with Crippen molar-refractivity contribution in [3.8, 4) is 6.07 Å². The molecule has 1 saturated heterocycles. The van der Waals surface area contributed by atoms with Crippen LogP contribution in [0.1, 0.15) is 23.6 Å². The highest BCUT2D eigenvalue weighted by molar-refractivity contribution is 5.88. The average molecular weight is 279 g/mol. The van der Waals surface area contributed by atoms with Gasteiger partial charge in [0, 0.05) is 32.2 Å². The standard InChI is InChI=1S/C18H21N3/c1-14-6-7-17(16-5-3-2-4-15(14)16)18(8-9-19)21-12-10-20-11-13-21/h2-7,18,20H,8,10-13H2,1H3/t18-/m1/s1. The molecular formula is C18H21N3. The molecule has 3 nitrogen and oxygen atoms in total. The van der Waals surface area contributed by atoms with E-state index in [1.54, 1.807) is 0 Å². The third kappa shape index (κ3) is 2.78. The van der Waals surface area contributed by atoms with Gasteiger partial charge in [0.2, 0.25) is 0 Å². The summed E-state index contributed by atoms with van der Waals surface area (Å²) in [6, 6.07) is 15.5. The van der Waals surface area contributed by atoms with Crippen molar-refractivity contribution in [1.29, 1.82) is 5.26 Å². The van der Waals surface area contributed by atoms with Crippen molar-refractivity contribution in [2.75, 3.05) is 26.2 Å². The zero-order valence-electron chi connectivity index (χ0n) is 12.5. The monoisotopic (exact) mass is 279 g/mol. The van der Waals surface area contributed by atoms with Crippen LogP contribution in [-0.2, 0) is 0 Å². The summed E-state index contributed by atoms with van der Waals surface area (Å²) in [5, 5.41) is 15.2. The number of nitrogens with one attached hydrogen (secondary N) is 1. The average Bonchev–Trinajstić information content (AvgIpc) is 2.55. The highest BCUT2D eigenvalue weighted by Gasteiger charge is 2.23. The molecule has 1 atom stereocenters. The lowest BCUT2D eigenvalue weighted by molar-refractivity contribution is 0.176. The Morgan fingerprint density at radius 3 is 2.57 bits per heavy atom. The van der Waals surface area contributed by atoms with Gasteiger partial charge in [-0.05, 0) is 28.8 Å². The van der Waals surface area contributed by atoms with E-state index in [2.05, 4.69) is 59.6 Å². The number of aryl methyl sites for hydroxylation is 1. The number of rotatable bonds is 3. The van der Waals surface area contributed by atoms with Gasteiger partial charge in [-0.1, -0.05) is 36.4 Å². The van der Waals surface area contributed by atoms with E-state index in [0.29, 0.717) is 6.42 Å². The van der Waals surface area contributed by atoms with Crippen LogP contribution < -0.4 is 5.32 Å². The van der Waals surface area contributed by atoms with Gasteiger partial charge in [-0.25, -0.2) is 0 Å². The van der Waals surface area contributed by atoms with Crippen LogP contribution in [-0.4, -0.2) is 31.1 Å². The quantitative estimate of drug-likeness (QED) is 0.938. The fraction of sp³-hybridized carbons (Fsp3) is 0.389. The van der Waals surface area contributed by atoms with Crippen LogP contribution in [0.15, 0.2) is 36.4 Å². The summed E-state index contributed by atoms with van der Waals surface area (Å²) >= 11 is 0. The van der Waals surface area contributed by atoms with Gasteiger partial charge in [0.05, 0.1) is 12.5 Å². The lowest BCUT2D eigenvalue weighted by atomic mass is 9.93. The molecule has 108 valence electrons. The van der Waals surface area contributed by atoms with Crippen molar-refractivity contribution >= 4 is 10.8 Å². The van der Waals surface area contributed by atoms with E-state index in [4.69, 9.17) is 0 Å². The van der Waals surface area contributed by atoms with Crippen LogP contribution in [0.2, 0.25) is 0 Å². The zero-order chi connectivity index (χ0) is 14.7. The maximum Gasteiger partial charge on any atom is 0.0641 e. The van der Waals surface area contributed by atoms with Gasteiger partial charge in [0.15, 0.2) is 0 Å². The SMILES string of the molecule is Cc1ccc([C@@H](CC#N)N2CCNCC2)c2ccccc12. The second kappa shape index (κ2) is 6.26. The van der Waals surface area contributed by atoms with Crippen LogP contribution in [0.5, 0.6) is 0 Å². The molecule has 0 amide bonds. The minimum absolute atomic E-state index is 0.197. The summed E-state index contributed by atoms with van der Waals surface area (Å²) < 4.78 is 0. The Morgan fingerprint density at radius 1 is 1.14 bits per heavy atom. The number of benzene rings is 2. The Bertz CT molecular complexity index is 666. The lowest BCUT2D eigenvalue weighted by Crippen LogP contribution is -2.45. The van der Waals surface area contributed by atoms with E-state index in [0.717, 1.165) is 26.2 Å². The first-order valence-electron chi connectivity index (χ1n) is 7.61. The van der Waals surface area contributed by atoms with Crippen LogP contribution in [0.3, 0.4) is 0 Å². The van der Waals surface area contributed by atoms with Gasteiger partial charge in [-0.15, -0.1) is 0 Å². The lowest BCUT2D eigenvalue weighted by Gasteiger charge is -2.34. The molecule has 0 aromatic heterocycles. The molecule has 0 bridgehead atoms. The third-order valence-electron chi connectivity index (χ3n) is 4.41. The number of fused-ring (bicyclic) bond motifs is 1. The maximum atomic E-state index is 9.26. The van der Waals surface area contributed by atoms with Gasteiger partial charge in [0.1, 0.15) is 0 Å². The molecule has 1 heterocycles. The molecule has 0 unspecified atom stereocenters. The fourth-order valence-corrected chi connectivity index (χ4v) is 3.28. The van der Waals surface area contributed by atoms with Crippen molar-refractivity contribution in [3.05, 3.63) is 47.5 Å². The second-order valence-electron chi connectivity index (χ2n) is 5.68. The summed E-state index contributed by atoms with van der Waals surface area (Å²) in [5.74, 6) is 0. The van der Waals surface area contributed by atoms with Crippen molar-refractivity contribution in [2.45, 2.75) is 19.4 Å². The fourth-order valence-electron chi connectivity index (χ4n) is 3.28. The van der Waals surface area contributed by atoms with Crippen LogP contribution in [0.4, 0.5) is 0 Å². The Morgan fingerprint density at radius 2 is 1.86 bits per heavy atom. The first-order valence-corrected chi connectivity index (χ1v) is 7.61. The van der Waals surface area contributed by atoms with E-state index < -0.39 is 0 Å².